The summed E-state index contributed by atoms with van der Waals surface area (Å²) >= 11 is 1.26. The van der Waals surface area contributed by atoms with Crippen molar-refractivity contribution in [1.29, 1.82) is 0 Å². The van der Waals surface area contributed by atoms with Crippen molar-refractivity contribution in [2.75, 3.05) is 13.2 Å². The summed E-state index contributed by atoms with van der Waals surface area (Å²) in [5.41, 5.74) is 4.81. The van der Waals surface area contributed by atoms with Gasteiger partial charge in [0.25, 0.3) is 0 Å². The highest BCUT2D eigenvalue weighted by Crippen LogP contribution is 2.25. The summed E-state index contributed by atoms with van der Waals surface area (Å²) in [6, 6.07) is 0. The molecule has 5 nitrogen and oxygen atoms in total. The van der Waals surface area contributed by atoms with Crippen molar-refractivity contribution in [2.24, 2.45) is 5.73 Å². The highest BCUT2D eigenvalue weighted by molar-refractivity contribution is 8.14. The number of nitrogens with two attached hydrogens (primary N) is 1. The molecule has 1 heterocycles. The average Bonchev–Trinajstić information content (AvgIpc) is 2.47. The average molecular weight is 219 g/mol. The number of rotatable bonds is 3. The van der Waals surface area contributed by atoms with E-state index >= 15 is 0 Å². The van der Waals surface area contributed by atoms with Gasteiger partial charge in [-0.1, -0.05) is 11.8 Å². The standard InChI is InChI=1S/C8H13NO4S/c1-5(10)14-7-2-6(12-4-7)3-13-8(9)11/h6-7H,2-4H2,1H3,(H2,9,11)/t6-,7-/m0/s1. The third-order valence-electron chi connectivity index (χ3n) is 1.79. The molecule has 6 heteroatoms. The summed E-state index contributed by atoms with van der Waals surface area (Å²) in [6.45, 7) is 2.22. The zero-order valence-electron chi connectivity index (χ0n) is 7.89. The molecule has 14 heavy (non-hydrogen) atoms. The second kappa shape index (κ2) is 5.21. The first kappa shape index (κ1) is 11.3. The van der Waals surface area contributed by atoms with Crippen LogP contribution < -0.4 is 5.73 Å². The van der Waals surface area contributed by atoms with Gasteiger partial charge < -0.3 is 15.2 Å². The van der Waals surface area contributed by atoms with E-state index in [4.69, 9.17) is 10.5 Å². The number of amides is 1. The Labute approximate surface area is 86.3 Å². The molecule has 2 atom stereocenters. The monoisotopic (exact) mass is 219 g/mol. The fraction of sp³-hybridized carbons (Fsp3) is 0.750. The number of carbonyl (C=O) groups is 2. The SMILES string of the molecule is CC(=O)S[C@@H]1CO[C@H](COC(N)=O)C1. The molecule has 0 spiro atoms. The molecule has 0 aromatic heterocycles. The maximum absolute atomic E-state index is 10.8. The molecule has 0 aromatic rings. The summed E-state index contributed by atoms with van der Waals surface area (Å²) in [5, 5.41) is 0.254. The zero-order valence-corrected chi connectivity index (χ0v) is 8.71. The van der Waals surface area contributed by atoms with Crippen molar-refractivity contribution >= 4 is 23.0 Å². The number of hydrogen-bond acceptors (Lipinski definition) is 5. The second-order valence-electron chi connectivity index (χ2n) is 3.05. The normalized spacial score (nSPS) is 26.1. The van der Waals surface area contributed by atoms with E-state index in [0.717, 1.165) is 6.42 Å². The van der Waals surface area contributed by atoms with E-state index < -0.39 is 6.09 Å². The van der Waals surface area contributed by atoms with Crippen LogP contribution in [0.4, 0.5) is 4.79 Å². The van der Waals surface area contributed by atoms with Crippen molar-refractivity contribution in [1.82, 2.24) is 0 Å². The Kier molecular flexibility index (Phi) is 4.21. The molecule has 1 fully saturated rings. The largest absolute Gasteiger partial charge is 0.447 e. The van der Waals surface area contributed by atoms with Crippen LogP contribution in [-0.2, 0) is 14.3 Å². The predicted octanol–water partition coefficient (Wildman–Crippen LogP) is 0.519. The molecule has 0 aliphatic carbocycles. The van der Waals surface area contributed by atoms with Crippen LogP contribution >= 0.6 is 11.8 Å². The molecule has 2 N–H and O–H groups in total. The van der Waals surface area contributed by atoms with E-state index in [9.17, 15) is 9.59 Å². The Morgan fingerprint density at radius 2 is 2.36 bits per heavy atom. The zero-order chi connectivity index (χ0) is 10.6. The third kappa shape index (κ3) is 3.97. The molecule has 0 saturated carbocycles. The maximum atomic E-state index is 10.8. The Bertz CT molecular complexity index is 233. The minimum Gasteiger partial charge on any atom is -0.447 e. The van der Waals surface area contributed by atoms with Crippen LogP contribution in [0.3, 0.4) is 0 Å². The van der Waals surface area contributed by atoms with Crippen molar-refractivity contribution < 1.29 is 19.1 Å². The van der Waals surface area contributed by atoms with Crippen molar-refractivity contribution in [3.8, 4) is 0 Å². The molecular formula is C8H13NO4S. The molecular weight excluding hydrogens is 206 g/mol. The molecule has 1 aliphatic heterocycles. The number of thioether (sulfide) groups is 1. The first-order chi connectivity index (χ1) is 6.58. The van der Waals surface area contributed by atoms with Gasteiger partial charge in [-0.25, -0.2) is 4.79 Å². The molecule has 1 rings (SSSR count). The van der Waals surface area contributed by atoms with Gasteiger partial charge in [-0.3, -0.25) is 4.79 Å². The lowest BCUT2D eigenvalue weighted by Gasteiger charge is -2.07. The Morgan fingerprint density at radius 3 is 2.93 bits per heavy atom. The molecule has 1 amide bonds. The quantitative estimate of drug-likeness (QED) is 0.748. The maximum Gasteiger partial charge on any atom is 0.404 e. The van der Waals surface area contributed by atoms with Crippen LogP contribution in [0.2, 0.25) is 0 Å². The highest BCUT2D eigenvalue weighted by Gasteiger charge is 2.27. The van der Waals surface area contributed by atoms with Crippen molar-refractivity contribution in [2.45, 2.75) is 24.7 Å². The van der Waals surface area contributed by atoms with Gasteiger partial charge in [0.05, 0.1) is 12.7 Å². The van der Waals surface area contributed by atoms with Gasteiger partial charge in [0.1, 0.15) is 6.61 Å². The van der Waals surface area contributed by atoms with Crippen LogP contribution in [0.5, 0.6) is 0 Å². The Morgan fingerprint density at radius 1 is 1.64 bits per heavy atom. The van der Waals surface area contributed by atoms with Crippen LogP contribution in [0.1, 0.15) is 13.3 Å². The van der Waals surface area contributed by atoms with Crippen molar-refractivity contribution in [3.63, 3.8) is 0 Å². The summed E-state index contributed by atoms with van der Waals surface area (Å²) in [6.07, 6.45) is -0.201. The number of hydrogen-bond donors (Lipinski definition) is 1. The molecule has 0 aromatic carbocycles. The van der Waals surface area contributed by atoms with Crippen molar-refractivity contribution in [3.05, 3.63) is 0 Å². The van der Waals surface area contributed by atoms with Gasteiger partial charge in [-0.15, -0.1) is 0 Å². The van der Waals surface area contributed by atoms with Gasteiger partial charge >= 0.3 is 6.09 Å². The number of ether oxygens (including phenoxy) is 2. The molecule has 1 saturated heterocycles. The minimum atomic E-state index is -0.795. The smallest absolute Gasteiger partial charge is 0.404 e. The van der Waals surface area contributed by atoms with E-state index in [1.165, 1.54) is 18.7 Å². The van der Waals surface area contributed by atoms with Crippen LogP contribution in [0.25, 0.3) is 0 Å². The Balaban J connectivity index is 2.20. The predicted molar refractivity (Wildman–Crippen MR) is 52.0 cm³/mol. The fourth-order valence-corrected chi connectivity index (χ4v) is 2.21. The lowest BCUT2D eigenvalue weighted by Crippen LogP contribution is -2.21. The summed E-state index contributed by atoms with van der Waals surface area (Å²) in [5.74, 6) is 0. The van der Waals surface area contributed by atoms with E-state index in [1.54, 1.807) is 0 Å². The lowest BCUT2D eigenvalue weighted by molar-refractivity contribution is -0.109. The van der Waals surface area contributed by atoms with Gasteiger partial charge in [-0.05, 0) is 6.42 Å². The highest BCUT2D eigenvalue weighted by atomic mass is 32.2. The van der Waals surface area contributed by atoms with E-state index in [-0.39, 0.29) is 23.1 Å². The van der Waals surface area contributed by atoms with Gasteiger partial charge in [0, 0.05) is 12.2 Å². The molecule has 0 unspecified atom stereocenters. The van der Waals surface area contributed by atoms with E-state index in [1.807, 2.05) is 0 Å². The van der Waals surface area contributed by atoms with E-state index in [0.29, 0.717) is 6.61 Å². The summed E-state index contributed by atoms with van der Waals surface area (Å²) in [4.78, 5) is 21.1. The van der Waals surface area contributed by atoms with Crippen LogP contribution in [0, 0.1) is 0 Å². The van der Waals surface area contributed by atoms with Gasteiger partial charge in [0.2, 0.25) is 0 Å². The first-order valence-electron chi connectivity index (χ1n) is 4.29. The molecule has 1 aliphatic rings. The summed E-state index contributed by atoms with van der Waals surface area (Å²) in [7, 11) is 0. The minimum absolute atomic E-state index is 0.0788. The molecule has 0 bridgehead atoms. The number of carbonyl (C=O) groups excluding carboxylic acids is 2. The topological polar surface area (TPSA) is 78.6 Å². The molecule has 80 valence electrons. The third-order valence-corrected chi connectivity index (χ3v) is 2.78. The first-order valence-corrected chi connectivity index (χ1v) is 5.17. The summed E-state index contributed by atoms with van der Waals surface area (Å²) < 4.78 is 9.91. The van der Waals surface area contributed by atoms with Gasteiger partial charge in [-0.2, -0.15) is 0 Å². The fourth-order valence-electron chi connectivity index (χ4n) is 1.28. The van der Waals surface area contributed by atoms with Crippen LogP contribution in [-0.4, -0.2) is 35.8 Å². The second-order valence-corrected chi connectivity index (χ2v) is 4.53. The lowest BCUT2D eigenvalue weighted by atomic mass is 10.2. The van der Waals surface area contributed by atoms with Crippen LogP contribution in [0.15, 0.2) is 0 Å². The Hall–Kier alpha value is -0.750. The molecule has 0 radical (unpaired) electrons. The van der Waals surface area contributed by atoms with Gasteiger partial charge in [0.15, 0.2) is 5.12 Å². The van der Waals surface area contributed by atoms with E-state index in [2.05, 4.69) is 4.74 Å². The number of primary amides is 1.